The molecule has 1 aromatic rings. The van der Waals surface area contributed by atoms with E-state index in [4.69, 9.17) is 14.6 Å². The van der Waals surface area contributed by atoms with Gasteiger partial charge in [-0.3, -0.25) is 19.8 Å². The van der Waals surface area contributed by atoms with Crippen molar-refractivity contribution in [3.8, 4) is 11.5 Å². The number of rotatable bonds is 4. The molecule has 2 aliphatic rings. The van der Waals surface area contributed by atoms with E-state index in [1.807, 2.05) is 0 Å². The molecule has 0 aliphatic carbocycles. The van der Waals surface area contributed by atoms with Gasteiger partial charge in [-0.25, -0.2) is 4.79 Å². The molecule has 0 saturated carbocycles. The minimum atomic E-state index is -0.864. The molecule has 3 N–H and O–H groups in total. The third-order valence-electron chi connectivity index (χ3n) is 4.53. The van der Waals surface area contributed by atoms with E-state index in [1.54, 1.807) is 30.0 Å². The number of hydrogen-bond donors (Lipinski definition) is 3. The maximum Gasteiger partial charge on any atom is 0.325 e. The van der Waals surface area contributed by atoms with E-state index in [9.17, 15) is 14.4 Å². The summed E-state index contributed by atoms with van der Waals surface area (Å²) >= 11 is 0. The number of carbonyl (C=O) groups is 3. The molecule has 1 fully saturated rings. The number of anilines is 1. The molecule has 1 saturated heterocycles. The molecule has 2 heterocycles. The Morgan fingerprint density at radius 2 is 1.93 bits per heavy atom. The molecule has 2 unspecified atom stereocenters. The summed E-state index contributed by atoms with van der Waals surface area (Å²) in [6.45, 7) is 3.37. The van der Waals surface area contributed by atoms with Crippen LogP contribution in [0.15, 0.2) is 18.2 Å². The molecule has 0 spiro atoms. The Morgan fingerprint density at radius 1 is 1.22 bits per heavy atom. The maximum atomic E-state index is 12.2. The number of nitrogens with zero attached hydrogens (tertiary/aromatic N) is 1. The van der Waals surface area contributed by atoms with Crippen LogP contribution in [0.3, 0.4) is 0 Å². The smallest absolute Gasteiger partial charge is 0.325 e. The minimum absolute atomic E-state index is 0. The van der Waals surface area contributed by atoms with Crippen LogP contribution in [-0.4, -0.2) is 60.3 Å². The number of carboxylic acids is 1. The first-order valence-electron chi connectivity index (χ1n) is 8.42. The molecule has 1 aromatic carbocycles. The fraction of sp³-hybridized carbons (Fsp3) is 0.471. The number of likely N-dealkylation sites (tertiary alicyclic amines) is 1. The van der Waals surface area contributed by atoms with E-state index in [1.165, 1.54) is 0 Å². The molecular weight excluding hydrogens is 378 g/mol. The summed E-state index contributed by atoms with van der Waals surface area (Å²) in [5, 5.41) is 13.9. The second-order valence-electron chi connectivity index (χ2n) is 6.30. The molecule has 0 aromatic heterocycles. The molecule has 10 heteroatoms. The van der Waals surface area contributed by atoms with Crippen molar-refractivity contribution in [2.24, 2.45) is 5.92 Å². The Hall–Kier alpha value is -2.52. The Morgan fingerprint density at radius 3 is 2.59 bits per heavy atom. The second-order valence-corrected chi connectivity index (χ2v) is 6.30. The number of hydrogen-bond acceptors (Lipinski definition) is 6. The van der Waals surface area contributed by atoms with Gasteiger partial charge in [-0.05, 0) is 32.0 Å². The largest absolute Gasteiger partial charge is 0.486 e. The van der Waals surface area contributed by atoms with Crippen molar-refractivity contribution < 1.29 is 29.0 Å². The first kappa shape index (κ1) is 20.8. The topological polar surface area (TPSA) is 117 Å². The molecular formula is C17H22ClN3O6. The number of halogens is 1. The predicted octanol–water partition coefficient (Wildman–Crippen LogP) is 1.32. The van der Waals surface area contributed by atoms with Crippen LogP contribution in [0, 0.1) is 5.92 Å². The summed E-state index contributed by atoms with van der Waals surface area (Å²) in [7, 11) is 0. The molecule has 2 atom stereocenters. The van der Waals surface area contributed by atoms with Gasteiger partial charge in [0.15, 0.2) is 11.5 Å². The monoisotopic (exact) mass is 399 g/mol. The van der Waals surface area contributed by atoms with Crippen LogP contribution in [0.4, 0.5) is 10.5 Å². The van der Waals surface area contributed by atoms with Crippen molar-refractivity contribution in [3.05, 3.63) is 18.2 Å². The van der Waals surface area contributed by atoms with Gasteiger partial charge < -0.3 is 19.9 Å². The number of aliphatic carboxylic acids is 1. The van der Waals surface area contributed by atoms with E-state index < -0.39 is 29.9 Å². The standard InChI is InChI=1S/C17H21N3O6.ClH/c1-10(20-5-4-11(9-20)16(22)23)15(21)19-17(24)18-12-2-3-13-14(8-12)26-7-6-25-13;/h2-3,8,10-11H,4-7,9H2,1H3,(H,22,23)(H2,18,19,21,24);1H. The fourth-order valence-corrected chi connectivity index (χ4v) is 3.01. The minimum Gasteiger partial charge on any atom is -0.486 e. The average molecular weight is 400 g/mol. The molecule has 3 amide bonds. The predicted molar refractivity (Wildman–Crippen MR) is 98.6 cm³/mol. The zero-order chi connectivity index (χ0) is 18.7. The zero-order valence-corrected chi connectivity index (χ0v) is 15.6. The van der Waals surface area contributed by atoms with Gasteiger partial charge in [0.25, 0.3) is 0 Å². The van der Waals surface area contributed by atoms with Crippen LogP contribution in [0.5, 0.6) is 11.5 Å². The highest BCUT2D eigenvalue weighted by atomic mass is 35.5. The number of urea groups is 1. The Balaban J connectivity index is 0.00000261. The highest BCUT2D eigenvalue weighted by Gasteiger charge is 2.33. The number of imide groups is 1. The zero-order valence-electron chi connectivity index (χ0n) is 14.8. The number of benzene rings is 1. The van der Waals surface area contributed by atoms with Crippen molar-refractivity contribution in [2.45, 2.75) is 19.4 Å². The van der Waals surface area contributed by atoms with Crippen molar-refractivity contribution >= 4 is 36.0 Å². The molecule has 148 valence electrons. The van der Waals surface area contributed by atoms with Gasteiger partial charge in [0.05, 0.1) is 12.0 Å². The van der Waals surface area contributed by atoms with Gasteiger partial charge in [0.1, 0.15) is 13.2 Å². The number of carbonyl (C=O) groups excluding carboxylic acids is 2. The quantitative estimate of drug-likeness (QED) is 0.699. The van der Waals surface area contributed by atoms with E-state index >= 15 is 0 Å². The SMILES string of the molecule is CC(C(=O)NC(=O)Nc1ccc2c(c1)OCCO2)N1CCC(C(=O)O)C1.Cl. The van der Waals surface area contributed by atoms with E-state index in [2.05, 4.69) is 10.6 Å². The molecule has 3 rings (SSSR count). The lowest BCUT2D eigenvalue weighted by Crippen LogP contribution is -2.47. The van der Waals surface area contributed by atoms with E-state index in [0.717, 1.165) is 0 Å². The Bertz CT molecular complexity index is 729. The highest BCUT2D eigenvalue weighted by Crippen LogP contribution is 2.32. The van der Waals surface area contributed by atoms with Crippen molar-refractivity contribution in [2.75, 3.05) is 31.6 Å². The first-order valence-corrected chi connectivity index (χ1v) is 8.42. The number of fused-ring (bicyclic) bond motifs is 1. The van der Waals surface area contributed by atoms with E-state index in [-0.39, 0.29) is 12.4 Å². The summed E-state index contributed by atoms with van der Waals surface area (Å²) in [6, 6.07) is 3.71. The van der Waals surface area contributed by atoms with Gasteiger partial charge in [0.2, 0.25) is 5.91 Å². The molecule has 27 heavy (non-hydrogen) atoms. The lowest BCUT2D eigenvalue weighted by Gasteiger charge is -2.23. The first-order chi connectivity index (χ1) is 12.4. The van der Waals surface area contributed by atoms with E-state index in [0.29, 0.717) is 49.9 Å². The van der Waals surface area contributed by atoms with Crippen molar-refractivity contribution in [1.82, 2.24) is 10.2 Å². The highest BCUT2D eigenvalue weighted by molar-refractivity contribution is 6.02. The van der Waals surface area contributed by atoms with Gasteiger partial charge in [0, 0.05) is 18.3 Å². The van der Waals surface area contributed by atoms with Crippen LogP contribution in [-0.2, 0) is 9.59 Å². The molecule has 9 nitrogen and oxygen atoms in total. The van der Waals surface area contributed by atoms with Crippen molar-refractivity contribution in [1.29, 1.82) is 0 Å². The molecule has 0 radical (unpaired) electrons. The van der Waals surface area contributed by atoms with Crippen molar-refractivity contribution in [3.63, 3.8) is 0 Å². The van der Waals surface area contributed by atoms with Crippen LogP contribution in [0.1, 0.15) is 13.3 Å². The summed E-state index contributed by atoms with van der Waals surface area (Å²) in [5.74, 6) is -0.682. The molecule has 0 bridgehead atoms. The number of nitrogens with one attached hydrogen (secondary N) is 2. The second kappa shape index (κ2) is 8.92. The summed E-state index contributed by atoms with van der Waals surface area (Å²) in [6.07, 6.45) is 0.496. The normalized spacial score (nSPS) is 19.5. The molecule has 2 aliphatic heterocycles. The number of carboxylic acid groups (broad SMARTS) is 1. The van der Waals surface area contributed by atoms with Gasteiger partial charge in [-0.2, -0.15) is 0 Å². The Kier molecular flexibility index (Phi) is 6.86. The lowest BCUT2D eigenvalue weighted by atomic mass is 10.1. The maximum absolute atomic E-state index is 12.2. The van der Waals surface area contributed by atoms with Crippen LogP contribution in [0.25, 0.3) is 0 Å². The van der Waals surface area contributed by atoms with Gasteiger partial charge in [-0.15, -0.1) is 12.4 Å². The average Bonchev–Trinajstić information content (AvgIpc) is 3.11. The van der Waals surface area contributed by atoms with Crippen LogP contribution < -0.4 is 20.1 Å². The summed E-state index contributed by atoms with van der Waals surface area (Å²) in [4.78, 5) is 37.1. The lowest BCUT2D eigenvalue weighted by molar-refractivity contribution is -0.141. The Labute approximate surface area is 162 Å². The summed E-state index contributed by atoms with van der Waals surface area (Å²) < 4.78 is 10.9. The third-order valence-corrected chi connectivity index (χ3v) is 4.53. The summed E-state index contributed by atoms with van der Waals surface area (Å²) in [5.41, 5.74) is 0.472. The van der Waals surface area contributed by atoms with Gasteiger partial charge >= 0.3 is 12.0 Å². The van der Waals surface area contributed by atoms with Crippen LogP contribution >= 0.6 is 12.4 Å². The third kappa shape index (κ3) is 5.01. The van der Waals surface area contributed by atoms with Crippen LogP contribution in [0.2, 0.25) is 0 Å². The number of ether oxygens (including phenoxy) is 2. The fourth-order valence-electron chi connectivity index (χ4n) is 3.01. The number of amides is 3. The van der Waals surface area contributed by atoms with Gasteiger partial charge in [-0.1, -0.05) is 0 Å².